The molecule has 0 aliphatic carbocycles. The minimum Gasteiger partial charge on any atom is -0.496 e. The summed E-state index contributed by atoms with van der Waals surface area (Å²) in [6.07, 6.45) is 3.28. The second kappa shape index (κ2) is 10.4. The number of para-hydroxylation sites is 1. The fraction of sp³-hybridized carbons (Fsp3) is 0.207. The number of ether oxygens (including phenoxy) is 3. The van der Waals surface area contributed by atoms with Crippen LogP contribution in [-0.4, -0.2) is 26.7 Å². The lowest BCUT2D eigenvalue weighted by molar-refractivity contribution is -0.111. The Morgan fingerprint density at radius 1 is 0.971 bits per heavy atom. The zero-order valence-corrected chi connectivity index (χ0v) is 20.6. The number of aryl methyl sites for hydroxylation is 1. The number of hydrogen-bond acceptors (Lipinski definition) is 5. The first kappa shape index (κ1) is 24.0. The number of nitrogens with one attached hydrogen (secondary N) is 1. The van der Waals surface area contributed by atoms with Crippen molar-refractivity contribution in [1.29, 1.82) is 0 Å². The van der Waals surface area contributed by atoms with E-state index < -0.39 is 0 Å². The van der Waals surface area contributed by atoms with Gasteiger partial charge in [-0.05, 0) is 56.2 Å². The van der Waals surface area contributed by atoms with Gasteiger partial charge in [-0.25, -0.2) is 0 Å². The van der Waals surface area contributed by atoms with Crippen molar-refractivity contribution in [3.8, 4) is 28.4 Å². The van der Waals surface area contributed by atoms with E-state index in [0.29, 0.717) is 29.4 Å². The molecule has 0 unspecified atom stereocenters. The summed E-state index contributed by atoms with van der Waals surface area (Å²) in [4.78, 5) is 12.9. The molecule has 3 aromatic carbocycles. The maximum atomic E-state index is 12.9. The molecule has 0 fully saturated rings. The number of fused-ring (bicyclic) bond motifs is 1. The van der Waals surface area contributed by atoms with E-state index in [-0.39, 0.29) is 5.91 Å². The summed E-state index contributed by atoms with van der Waals surface area (Å²) in [6.45, 7) is 6.26. The summed E-state index contributed by atoms with van der Waals surface area (Å²) >= 11 is 0. The predicted octanol–water partition coefficient (Wildman–Crippen LogP) is 6.87. The number of carbonyl (C=O) groups is 1. The highest BCUT2D eigenvalue weighted by atomic mass is 16.5. The van der Waals surface area contributed by atoms with Crippen LogP contribution in [0.5, 0.6) is 17.2 Å². The molecule has 0 radical (unpaired) electrons. The third-order valence-corrected chi connectivity index (χ3v) is 5.76. The molecule has 0 bridgehead atoms. The van der Waals surface area contributed by atoms with E-state index in [1.807, 2.05) is 75.4 Å². The molecule has 0 saturated heterocycles. The molecular weight excluding hydrogens is 442 g/mol. The highest BCUT2D eigenvalue weighted by Crippen LogP contribution is 2.40. The maximum Gasteiger partial charge on any atom is 0.248 e. The smallest absolute Gasteiger partial charge is 0.248 e. The SMILES string of the molecule is CCOc1cc2occ(-c3ccccc3OC)c2cc1/C(C)=C/C(=O)Nc1cc(C)ccc1OC. The van der Waals surface area contributed by atoms with Gasteiger partial charge in [0.15, 0.2) is 0 Å². The Bertz CT molecular complexity index is 1400. The van der Waals surface area contributed by atoms with Gasteiger partial charge < -0.3 is 23.9 Å². The molecule has 0 spiro atoms. The number of furan rings is 1. The van der Waals surface area contributed by atoms with Gasteiger partial charge in [0.05, 0.1) is 32.8 Å². The van der Waals surface area contributed by atoms with Gasteiger partial charge in [-0.3, -0.25) is 4.79 Å². The second-order valence-electron chi connectivity index (χ2n) is 8.15. The summed E-state index contributed by atoms with van der Waals surface area (Å²) < 4.78 is 22.7. The van der Waals surface area contributed by atoms with Crippen molar-refractivity contribution in [3.05, 3.63) is 78.1 Å². The average Bonchev–Trinajstić information content (AvgIpc) is 3.26. The molecule has 4 rings (SSSR count). The third-order valence-electron chi connectivity index (χ3n) is 5.76. The highest BCUT2D eigenvalue weighted by Gasteiger charge is 2.17. The van der Waals surface area contributed by atoms with Gasteiger partial charge in [0.25, 0.3) is 0 Å². The minimum absolute atomic E-state index is 0.258. The van der Waals surface area contributed by atoms with Crippen LogP contribution in [0.2, 0.25) is 0 Å². The molecule has 4 aromatic rings. The van der Waals surface area contributed by atoms with Crippen molar-refractivity contribution in [2.75, 3.05) is 26.1 Å². The van der Waals surface area contributed by atoms with E-state index in [1.54, 1.807) is 26.6 Å². The molecule has 1 N–H and O–H groups in total. The number of rotatable bonds is 8. The lowest BCUT2D eigenvalue weighted by atomic mass is 9.98. The van der Waals surface area contributed by atoms with Crippen LogP contribution in [0.25, 0.3) is 27.7 Å². The van der Waals surface area contributed by atoms with Crippen LogP contribution in [0.3, 0.4) is 0 Å². The zero-order chi connectivity index (χ0) is 24.9. The minimum atomic E-state index is -0.258. The molecule has 0 aliphatic heterocycles. The van der Waals surface area contributed by atoms with Crippen molar-refractivity contribution in [3.63, 3.8) is 0 Å². The number of methoxy groups -OCH3 is 2. The number of benzene rings is 3. The Hall–Kier alpha value is -4.19. The van der Waals surface area contributed by atoms with Crippen molar-refractivity contribution in [2.45, 2.75) is 20.8 Å². The lowest BCUT2D eigenvalue weighted by Gasteiger charge is -2.13. The van der Waals surface area contributed by atoms with Gasteiger partial charge in [-0.15, -0.1) is 0 Å². The van der Waals surface area contributed by atoms with E-state index in [1.165, 1.54) is 0 Å². The van der Waals surface area contributed by atoms with Gasteiger partial charge in [0.1, 0.15) is 22.8 Å². The molecule has 6 heteroatoms. The van der Waals surface area contributed by atoms with Crippen LogP contribution < -0.4 is 19.5 Å². The third kappa shape index (κ3) is 5.01. The fourth-order valence-electron chi connectivity index (χ4n) is 4.08. The van der Waals surface area contributed by atoms with Crippen LogP contribution in [0.1, 0.15) is 25.0 Å². The number of amides is 1. The molecule has 6 nitrogen and oxygen atoms in total. The second-order valence-corrected chi connectivity index (χ2v) is 8.15. The van der Waals surface area contributed by atoms with Gasteiger partial charge >= 0.3 is 0 Å². The largest absolute Gasteiger partial charge is 0.496 e. The fourth-order valence-corrected chi connectivity index (χ4v) is 4.08. The molecule has 0 atom stereocenters. The molecule has 180 valence electrons. The summed E-state index contributed by atoms with van der Waals surface area (Å²) in [5, 5.41) is 3.83. The van der Waals surface area contributed by atoms with Crippen LogP contribution in [0, 0.1) is 6.92 Å². The maximum absolute atomic E-state index is 12.9. The molecule has 0 saturated carbocycles. The normalized spacial score (nSPS) is 11.4. The van der Waals surface area contributed by atoms with E-state index in [4.69, 9.17) is 18.6 Å². The number of hydrogen-bond donors (Lipinski definition) is 1. The first-order valence-corrected chi connectivity index (χ1v) is 11.4. The monoisotopic (exact) mass is 471 g/mol. The topological polar surface area (TPSA) is 69.9 Å². The van der Waals surface area contributed by atoms with Gasteiger partial charge in [-0.2, -0.15) is 0 Å². The molecular formula is C29H29NO5. The summed E-state index contributed by atoms with van der Waals surface area (Å²) in [5.41, 5.74) is 5.73. The summed E-state index contributed by atoms with van der Waals surface area (Å²) in [6, 6.07) is 17.3. The Morgan fingerprint density at radius 2 is 1.74 bits per heavy atom. The van der Waals surface area contributed by atoms with E-state index in [0.717, 1.165) is 39.0 Å². The molecule has 1 aromatic heterocycles. The number of carbonyl (C=O) groups excluding carboxylic acids is 1. The van der Waals surface area contributed by atoms with Gasteiger partial charge in [0.2, 0.25) is 5.91 Å². The Balaban J connectivity index is 1.75. The zero-order valence-electron chi connectivity index (χ0n) is 20.6. The lowest BCUT2D eigenvalue weighted by Crippen LogP contribution is -2.10. The van der Waals surface area contributed by atoms with Gasteiger partial charge in [0, 0.05) is 34.2 Å². The van der Waals surface area contributed by atoms with Crippen molar-refractivity contribution in [2.24, 2.45) is 0 Å². The Kier molecular flexibility index (Phi) is 7.11. The Morgan fingerprint density at radius 3 is 2.49 bits per heavy atom. The molecule has 1 heterocycles. The van der Waals surface area contributed by atoms with Crippen molar-refractivity contribution < 1.29 is 23.4 Å². The quantitative estimate of drug-likeness (QED) is 0.284. The van der Waals surface area contributed by atoms with Gasteiger partial charge in [-0.1, -0.05) is 24.3 Å². The number of anilines is 1. The van der Waals surface area contributed by atoms with E-state index in [2.05, 4.69) is 5.32 Å². The van der Waals surface area contributed by atoms with Crippen molar-refractivity contribution in [1.82, 2.24) is 0 Å². The van der Waals surface area contributed by atoms with Crippen LogP contribution in [-0.2, 0) is 4.79 Å². The van der Waals surface area contributed by atoms with Crippen LogP contribution in [0.15, 0.2) is 71.4 Å². The van der Waals surface area contributed by atoms with Crippen molar-refractivity contribution >= 4 is 28.1 Å². The number of allylic oxidation sites excluding steroid dienone is 1. The standard InChI is InChI=1S/C29H29NO5/c1-6-34-27-16-28-22(23(17-35-28)20-9-7-8-10-25(20)32-4)15-21(27)19(3)14-29(31)30-24-13-18(2)11-12-26(24)33-5/h7-17H,6H2,1-5H3,(H,30,31)/b19-14+. The van der Waals surface area contributed by atoms with Crippen LogP contribution >= 0.6 is 0 Å². The molecule has 1 amide bonds. The Labute approximate surface area is 205 Å². The predicted molar refractivity (Wildman–Crippen MR) is 139 cm³/mol. The van der Waals surface area contributed by atoms with E-state index in [9.17, 15) is 4.79 Å². The summed E-state index contributed by atoms with van der Waals surface area (Å²) in [7, 11) is 3.23. The molecule has 0 aliphatic rings. The first-order chi connectivity index (χ1) is 16.9. The van der Waals surface area contributed by atoms with E-state index >= 15 is 0 Å². The molecule has 35 heavy (non-hydrogen) atoms. The average molecular weight is 472 g/mol. The summed E-state index contributed by atoms with van der Waals surface area (Å²) in [5.74, 6) is 1.75. The first-order valence-electron chi connectivity index (χ1n) is 11.4. The highest BCUT2D eigenvalue weighted by molar-refractivity contribution is 6.06. The van der Waals surface area contributed by atoms with Crippen LogP contribution in [0.4, 0.5) is 5.69 Å².